The minimum atomic E-state index is -0.643. The van der Waals surface area contributed by atoms with Gasteiger partial charge in [-0.3, -0.25) is 24.3 Å². The molecule has 4 aromatic rings. The third-order valence-corrected chi connectivity index (χ3v) is 6.34. The van der Waals surface area contributed by atoms with Crippen molar-refractivity contribution in [2.24, 2.45) is 0 Å². The molecular weight excluding hydrogens is 476 g/mol. The van der Waals surface area contributed by atoms with E-state index in [0.29, 0.717) is 16.9 Å². The number of amides is 1. The highest BCUT2D eigenvalue weighted by atomic mass is 32.1. The van der Waals surface area contributed by atoms with E-state index < -0.39 is 16.4 Å². The summed E-state index contributed by atoms with van der Waals surface area (Å²) in [6, 6.07) is 22.1. The van der Waals surface area contributed by atoms with E-state index in [0.717, 1.165) is 22.5 Å². The monoisotopic (exact) mass is 496 g/mol. The average molecular weight is 497 g/mol. The average Bonchev–Trinajstić information content (AvgIpc) is 3.15. The summed E-state index contributed by atoms with van der Waals surface area (Å²) in [5.74, 6) is -0.643. The van der Waals surface area contributed by atoms with Crippen molar-refractivity contribution in [3.63, 3.8) is 0 Å². The molecule has 0 aliphatic heterocycles. The molecule has 36 heavy (non-hydrogen) atoms. The maximum Gasteiger partial charge on any atom is 0.273 e. The molecule has 3 aromatic carbocycles. The zero-order valence-corrected chi connectivity index (χ0v) is 20.2. The lowest BCUT2D eigenvalue weighted by atomic mass is 10.1. The Hall–Kier alpha value is -4.81. The molecule has 4 rings (SSSR count). The van der Waals surface area contributed by atoms with Gasteiger partial charge >= 0.3 is 0 Å². The lowest BCUT2D eigenvalue weighted by Gasteiger charge is -2.07. The van der Waals surface area contributed by atoms with E-state index >= 15 is 0 Å². The number of benzene rings is 3. The molecule has 0 fully saturated rings. The van der Waals surface area contributed by atoms with E-state index in [9.17, 15) is 25.0 Å². The van der Waals surface area contributed by atoms with Crippen molar-refractivity contribution >= 4 is 40.3 Å². The second kappa shape index (κ2) is 10.2. The number of nitro benzene ring substituents is 1. The normalized spacial score (nSPS) is 12.1. The minimum absolute atomic E-state index is 0.110. The Balaban J connectivity index is 1.95. The Labute approximate surface area is 209 Å². The molecule has 0 saturated carbocycles. The molecule has 0 atom stereocenters. The zero-order valence-electron chi connectivity index (χ0n) is 19.4. The van der Waals surface area contributed by atoms with Gasteiger partial charge in [0, 0.05) is 17.8 Å². The first kappa shape index (κ1) is 24.3. The van der Waals surface area contributed by atoms with Gasteiger partial charge in [0.2, 0.25) is 0 Å². The molecule has 1 aromatic heterocycles. The van der Waals surface area contributed by atoms with Crippen LogP contribution in [0.3, 0.4) is 0 Å². The van der Waals surface area contributed by atoms with Gasteiger partial charge in [-0.2, -0.15) is 5.26 Å². The molecule has 1 heterocycles. The summed E-state index contributed by atoms with van der Waals surface area (Å²) in [4.78, 5) is 37.3. The van der Waals surface area contributed by atoms with Crippen LogP contribution in [0.4, 0.5) is 11.4 Å². The smallest absolute Gasteiger partial charge is 0.273 e. The number of hydrogen-bond donors (Lipinski definition) is 1. The number of carbonyl (C=O) groups is 1. The number of thiazole rings is 1. The third-order valence-electron chi connectivity index (χ3n) is 5.25. The summed E-state index contributed by atoms with van der Waals surface area (Å²) < 4.78 is 1.70. The second-order valence-electron chi connectivity index (χ2n) is 8.06. The fourth-order valence-corrected chi connectivity index (χ4v) is 4.88. The number of nitrogens with one attached hydrogen (secondary N) is 1. The van der Waals surface area contributed by atoms with Gasteiger partial charge in [-0.05, 0) is 60.9 Å². The van der Waals surface area contributed by atoms with Crippen LogP contribution in [0.15, 0.2) is 77.6 Å². The predicted octanol–water partition coefficient (Wildman–Crippen LogP) is 3.57. The number of aryl methyl sites for hydroxylation is 2. The number of nitro groups is 1. The van der Waals surface area contributed by atoms with Gasteiger partial charge in [0.15, 0.2) is 5.57 Å². The highest BCUT2D eigenvalue weighted by Crippen LogP contribution is 2.15. The predicted molar refractivity (Wildman–Crippen MR) is 139 cm³/mol. The van der Waals surface area contributed by atoms with Crippen LogP contribution in [0.25, 0.3) is 17.3 Å². The van der Waals surface area contributed by atoms with Crippen molar-refractivity contribution in [2.45, 2.75) is 13.8 Å². The first-order valence-electron chi connectivity index (χ1n) is 10.8. The number of hydrogen-bond acceptors (Lipinski definition) is 6. The van der Waals surface area contributed by atoms with Gasteiger partial charge in [-0.1, -0.05) is 36.4 Å². The quantitative estimate of drug-likeness (QED) is 0.335. The molecule has 0 saturated heterocycles. The third kappa shape index (κ3) is 5.14. The molecule has 0 unspecified atom stereocenters. The first-order valence-corrected chi connectivity index (χ1v) is 11.7. The van der Waals surface area contributed by atoms with E-state index in [1.54, 1.807) is 48.5 Å². The van der Waals surface area contributed by atoms with Gasteiger partial charge in [-0.25, -0.2) is 0 Å². The van der Waals surface area contributed by atoms with Crippen molar-refractivity contribution in [3.8, 4) is 11.8 Å². The molecule has 8 nitrogen and oxygen atoms in total. The van der Waals surface area contributed by atoms with Gasteiger partial charge in [0.05, 0.1) is 15.1 Å². The van der Waals surface area contributed by atoms with Crippen LogP contribution in [-0.2, 0) is 4.79 Å². The molecule has 0 spiro atoms. The Morgan fingerprint density at radius 2 is 1.75 bits per heavy atom. The number of para-hydroxylation sites is 1. The Morgan fingerprint density at radius 3 is 2.39 bits per heavy atom. The number of rotatable bonds is 5. The molecule has 0 aliphatic rings. The number of non-ortho nitro benzene ring substituents is 1. The van der Waals surface area contributed by atoms with Crippen LogP contribution < -0.4 is 20.1 Å². The Morgan fingerprint density at radius 1 is 1.06 bits per heavy atom. The van der Waals surface area contributed by atoms with Crippen LogP contribution in [0.1, 0.15) is 16.7 Å². The molecule has 0 aliphatic carbocycles. The largest absolute Gasteiger partial charge is 0.321 e. The Bertz CT molecular complexity index is 1690. The maximum absolute atomic E-state index is 13.5. The van der Waals surface area contributed by atoms with E-state index in [-0.39, 0.29) is 20.5 Å². The van der Waals surface area contributed by atoms with Gasteiger partial charge < -0.3 is 5.32 Å². The zero-order chi connectivity index (χ0) is 25.8. The molecule has 178 valence electrons. The summed E-state index contributed by atoms with van der Waals surface area (Å²) in [6.07, 6.45) is 1.51. The molecule has 0 radical (unpaired) electrons. The van der Waals surface area contributed by atoms with Crippen LogP contribution >= 0.6 is 11.3 Å². The first-order chi connectivity index (χ1) is 17.3. The molecule has 1 N–H and O–H groups in total. The number of carbonyl (C=O) groups excluding carboxylic acids is 1. The van der Waals surface area contributed by atoms with E-state index in [4.69, 9.17) is 0 Å². The van der Waals surface area contributed by atoms with Crippen LogP contribution in [0, 0.1) is 35.3 Å². The molecule has 1 amide bonds. The van der Waals surface area contributed by atoms with Crippen molar-refractivity contribution in [1.29, 1.82) is 5.26 Å². The van der Waals surface area contributed by atoms with E-state index in [1.807, 2.05) is 26.0 Å². The highest BCUT2D eigenvalue weighted by molar-refractivity contribution is 7.07. The van der Waals surface area contributed by atoms with Crippen LogP contribution in [-0.4, -0.2) is 15.4 Å². The summed E-state index contributed by atoms with van der Waals surface area (Å²) in [5, 5.41) is 23.9. The molecular formula is C27H20N4O4S. The second-order valence-corrected chi connectivity index (χ2v) is 9.09. The highest BCUT2D eigenvalue weighted by Gasteiger charge is 2.17. The van der Waals surface area contributed by atoms with Crippen molar-refractivity contribution in [2.75, 3.05) is 5.32 Å². The number of nitrogens with zero attached hydrogens (tertiary/aromatic N) is 3. The molecule has 0 bridgehead atoms. The fraction of sp³-hybridized carbons (Fsp3) is 0.0741. The molecule has 9 heteroatoms. The van der Waals surface area contributed by atoms with Crippen LogP contribution in [0.5, 0.6) is 0 Å². The summed E-state index contributed by atoms with van der Waals surface area (Å²) in [5.41, 5.74) is 2.61. The number of anilines is 1. The van der Waals surface area contributed by atoms with E-state index in [1.165, 1.54) is 28.8 Å². The minimum Gasteiger partial charge on any atom is -0.321 e. The Kier molecular flexibility index (Phi) is 6.90. The van der Waals surface area contributed by atoms with Gasteiger partial charge in [0.25, 0.3) is 17.2 Å². The standard InChI is InChI=1S/C27H20N4O4S/c1-17-11-18(2)13-20(12-17)29-25(32)23(16-28)27-30(21-8-4-3-5-9-21)26(33)24(36-27)15-19-7-6-10-22(14-19)31(34)35/h3-15H,1-2H3,(H,29,32). The van der Waals surface area contributed by atoms with Crippen LogP contribution in [0.2, 0.25) is 0 Å². The van der Waals surface area contributed by atoms with E-state index in [2.05, 4.69) is 5.32 Å². The number of nitriles is 1. The maximum atomic E-state index is 13.5. The van der Waals surface area contributed by atoms with Gasteiger partial charge in [0.1, 0.15) is 10.7 Å². The topological polar surface area (TPSA) is 118 Å². The summed E-state index contributed by atoms with van der Waals surface area (Å²) >= 11 is 0.973. The summed E-state index contributed by atoms with van der Waals surface area (Å²) in [6.45, 7) is 3.81. The van der Waals surface area contributed by atoms with Crippen molar-refractivity contribution in [1.82, 2.24) is 4.57 Å². The van der Waals surface area contributed by atoms with Crippen molar-refractivity contribution in [3.05, 3.63) is 119 Å². The lowest BCUT2D eigenvalue weighted by Crippen LogP contribution is -2.32. The fourth-order valence-electron chi connectivity index (χ4n) is 3.78. The van der Waals surface area contributed by atoms with Gasteiger partial charge in [-0.15, -0.1) is 11.3 Å². The van der Waals surface area contributed by atoms with Crippen molar-refractivity contribution < 1.29 is 9.72 Å². The lowest BCUT2D eigenvalue weighted by molar-refractivity contribution is -0.384. The number of aromatic nitrogens is 1. The SMILES string of the molecule is Cc1cc(C)cc(NC(=O)C(C#N)=c2sc(=Cc3cccc([N+](=O)[O-])c3)c(=O)n2-c2ccccc2)c1. The summed E-state index contributed by atoms with van der Waals surface area (Å²) in [7, 11) is 0.